The summed E-state index contributed by atoms with van der Waals surface area (Å²) in [6.07, 6.45) is 2.71. The molecule has 1 N–H and O–H groups in total. The summed E-state index contributed by atoms with van der Waals surface area (Å²) in [4.78, 5) is 8.91. The molecule has 28 heavy (non-hydrogen) atoms. The number of hydrogen-bond donors (Lipinski definition) is 1. The van der Waals surface area contributed by atoms with Crippen LogP contribution in [0.3, 0.4) is 0 Å². The summed E-state index contributed by atoms with van der Waals surface area (Å²) < 4.78 is 30.3. The molecule has 0 bridgehead atoms. The summed E-state index contributed by atoms with van der Waals surface area (Å²) in [5, 5.41) is 11.2. The topological polar surface area (TPSA) is 112 Å². The minimum absolute atomic E-state index is 0.210. The van der Waals surface area contributed by atoms with Crippen molar-refractivity contribution in [1.29, 1.82) is 0 Å². The fraction of sp³-hybridized carbons (Fsp3) is 0.111. The zero-order chi connectivity index (χ0) is 19.7. The highest BCUT2D eigenvalue weighted by Gasteiger charge is 2.12. The Labute approximate surface area is 160 Å². The molecule has 0 amide bonds. The molecule has 4 rings (SSSR count). The molecule has 2 heterocycles. The maximum Gasteiger partial charge on any atom is 0.229 e. The van der Waals surface area contributed by atoms with Gasteiger partial charge in [0, 0.05) is 18.0 Å². The minimum Gasteiger partial charge on any atom is -0.497 e. The van der Waals surface area contributed by atoms with Crippen LogP contribution in [-0.4, -0.2) is 46.7 Å². The third-order valence-electron chi connectivity index (χ3n) is 4.01. The monoisotopic (exact) mass is 396 g/mol. The fourth-order valence-corrected chi connectivity index (χ4v) is 3.30. The lowest BCUT2D eigenvalue weighted by molar-refractivity contribution is 0.414. The van der Waals surface area contributed by atoms with E-state index in [2.05, 4.69) is 25.6 Å². The van der Waals surface area contributed by atoms with Crippen molar-refractivity contribution in [3.8, 4) is 11.4 Å². The third kappa shape index (κ3) is 3.49. The van der Waals surface area contributed by atoms with Crippen molar-refractivity contribution in [3.63, 3.8) is 0 Å². The number of hydrogen-bond acceptors (Lipinski definition) is 8. The Hall–Kier alpha value is -3.53. The summed E-state index contributed by atoms with van der Waals surface area (Å²) in [6, 6.07) is 13.8. The smallest absolute Gasteiger partial charge is 0.229 e. The second-order valence-corrected chi connectivity index (χ2v) is 8.05. The molecule has 0 radical (unpaired) electrons. The molecule has 2 aromatic carbocycles. The lowest BCUT2D eigenvalue weighted by Gasteiger charge is -2.07. The predicted molar refractivity (Wildman–Crippen MR) is 104 cm³/mol. The van der Waals surface area contributed by atoms with Crippen LogP contribution in [0.1, 0.15) is 0 Å². The van der Waals surface area contributed by atoms with Gasteiger partial charge in [-0.25, -0.2) is 13.4 Å². The van der Waals surface area contributed by atoms with E-state index in [0.717, 1.165) is 11.9 Å². The Balaban J connectivity index is 1.72. The number of anilines is 2. The molecule has 4 aromatic rings. The summed E-state index contributed by atoms with van der Waals surface area (Å²) in [5.41, 5.74) is 2.33. The van der Waals surface area contributed by atoms with Crippen LogP contribution < -0.4 is 10.1 Å². The van der Waals surface area contributed by atoms with Gasteiger partial charge in [-0.2, -0.15) is 9.67 Å². The molecule has 0 unspecified atom stereocenters. The highest BCUT2D eigenvalue weighted by Crippen LogP contribution is 2.21. The lowest BCUT2D eigenvalue weighted by atomic mass is 10.3. The number of aromatic nitrogens is 5. The summed E-state index contributed by atoms with van der Waals surface area (Å²) >= 11 is 0. The SMILES string of the molecule is COc1cccc(-n2nnc3cnc(Nc4cccc(S(C)(=O)=O)c4)nc32)c1. The van der Waals surface area contributed by atoms with Crippen LogP contribution in [0.4, 0.5) is 11.6 Å². The first-order chi connectivity index (χ1) is 13.4. The number of ether oxygens (including phenoxy) is 1. The van der Waals surface area contributed by atoms with Gasteiger partial charge in [0.1, 0.15) is 5.75 Å². The zero-order valence-corrected chi connectivity index (χ0v) is 15.9. The molecular formula is C18H16N6O3S. The third-order valence-corrected chi connectivity index (χ3v) is 5.12. The first-order valence-electron chi connectivity index (χ1n) is 8.24. The maximum atomic E-state index is 11.7. The van der Waals surface area contributed by atoms with E-state index in [-0.39, 0.29) is 4.90 Å². The van der Waals surface area contributed by atoms with E-state index >= 15 is 0 Å². The zero-order valence-electron chi connectivity index (χ0n) is 15.1. The van der Waals surface area contributed by atoms with Gasteiger partial charge >= 0.3 is 0 Å². The van der Waals surface area contributed by atoms with Crippen LogP contribution in [0.15, 0.2) is 59.6 Å². The second-order valence-electron chi connectivity index (χ2n) is 6.03. The van der Waals surface area contributed by atoms with Gasteiger partial charge in [-0.05, 0) is 30.3 Å². The highest BCUT2D eigenvalue weighted by molar-refractivity contribution is 7.90. The van der Waals surface area contributed by atoms with Crippen molar-refractivity contribution in [2.45, 2.75) is 4.90 Å². The normalized spacial score (nSPS) is 11.5. The van der Waals surface area contributed by atoms with Gasteiger partial charge in [0.15, 0.2) is 21.0 Å². The van der Waals surface area contributed by atoms with Crippen LogP contribution in [-0.2, 0) is 9.84 Å². The Bertz CT molecular complexity index is 1270. The standard InChI is InChI=1S/C18H16N6O3S/c1-27-14-7-4-6-13(10-14)24-17-16(22-23-24)11-19-18(21-17)20-12-5-3-8-15(9-12)28(2,25)26/h3-11H,1-2H3,(H,19,20,21). The van der Waals surface area contributed by atoms with Gasteiger partial charge in [-0.1, -0.05) is 17.3 Å². The van der Waals surface area contributed by atoms with E-state index < -0.39 is 9.84 Å². The Kier molecular flexibility index (Phi) is 4.40. The molecule has 9 nitrogen and oxygen atoms in total. The van der Waals surface area contributed by atoms with Gasteiger partial charge in [0.25, 0.3) is 0 Å². The Morgan fingerprint density at radius 3 is 2.71 bits per heavy atom. The molecule has 0 fully saturated rings. The molecule has 0 saturated carbocycles. The first-order valence-corrected chi connectivity index (χ1v) is 10.1. The molecule has 0 aliphatic heterocycles. The van der Waals surface area contributed by atoms with E-state index in [1.54, 1.807) is 30.1 Å². The fourth-order valence-electron chi connectivity index (χ4n) is 2.64. The van der Waals surface area contributed by atoms with Gasteiger partial charge in [-0.15, -0.1) is 5.10 Å². The lowest BCUT2D eigenvalue weighted by Crippen LogP contribution is -2.02. The molecule has 0 spiro atoms. The van der Waals surface area contributed by atoms with Gasteiger partial charge < -0.3 is 10.1 Å². The number of sulfone groups is 1. The molecule has 2 aromatic heterocycles. The van der Waals surface area contributed by atoms with Crippen LogP contribution in [0, 0.1) is 0 Å². The molecule has 0 aliphatic carbocycles. The van der Waals surface area contributed by atoms with Gasteiger partial charge in [0.05, 0.1) is 23.9 Å². The second kappa shape index (κ2) is 6.89. The van der Waals surface area contributed by atoms with E-state index in [9.17, 15) is 8.42 Å². The molecule has 0 atom stereocenters. The quantitative estimate of drug-likeness (QED) is 0.547. The predicted octanol–water partition coefficient (Wildman–Crippen LogP) is 2.37. The van der Waals surface area contributed by atoms with Crippen molar-refractivity contribution in [2.24, 2.45) is 0 Å². The minimum atomic E-state index is -3.31. The largest absolute Gasteiger partial charge is 0.497 e. The molecular weight excluding hydrogens is 380 g/mol. The van der Waals surface area contributed by atoms with Crippen LogP contribution >= 0.6 is 0 Å². The Morgan fingerprint density at radius 2 is 1.93 bits per heavy atom. The number of nitrogens with zero attached hydrogens (tertiary/aromatic N) is 5. The molecule has 0 saturated heterocycles. The number of fused-ring (bicyclic) bond motifs is 1. The number of methoxy groups -OCH3 is 1. The first kappa shape index (κ1) is 17.9. The summed E-state index contributed by atoms with van der Waals surface area (Å²) in [6.45, 7) is 0. The van der Waals surface area contributed by atoms with Gasteiger partial charge in [0.2, 0.25) is 5.95 Å². The van der Waals surface area contributed by atoms with E-state index in [4.69, 9.17) is 4.74 Å². The number of benzene rings is 2. The number of rotatable bonds is 5. The van der Waals surface area contributed by atoms with Gasteiger partial charge in [-0.3, -0.25) is 0 Å². The molecule has 10 heteroatoms. The Morgan fingerprint density at radius 1 is 1.11 bits per heavy atom. The average Bonchev–Trinajstić information content (AvgIpc) is 3.11. The van der Waals surface area contributed by atoms with Crippen LogP contribution in [0.5, 0.6) is 5.75 Å². The molecule has 0 aliphatic rings. The van der Waals surface area contributed by atoms with Crippen molar-refractivity contribution in [2.75, 3.05) is 18.7 Å². The summed E-state index contributed by atoms with van der Waals surface area (Å²) in [5.74, 6) is 0.982. The van der Waals surface area contributed by atoms with Crippen LogP contribution in [0.25, 0.3) is 16.9 Å². The van der Waals surface area contributed by atoms with E-state index in [1.165, 1.54) is 12.1 Å². The number of nitrogens with one attached hydrogen (secondary N) is 1. The van der Waals surface area contributed by atoms with Crippen molar-refractivity contribution in [1.82, 2.24) is 25.0 Å². The van der Waals surface area contributed by atoms with Crippen LogP contribution in [0.2, 0.25) is 0 Å². The van der Waals surface area contributed by atoms with Crippen molar-refractivity contribution >= 4 is 32.6 Å². The van der Waals surface area contributed by atoms with Crippen molar-refractivity contribution < 1.29 is 13.2 Å². The average molecular weight is 396 g/mol. The van der Waals surface area contributed by atoms with Crippen molar-refractivity contribution in [3.05, 3.63) is 54.7 Å². The van der Waals surface area contributed by atoms with E-state index in [0.29, 0.717) is 28.5 Å². The summed E-state index contributed by atoms with van der Waals surface area (Å²) in [7, 11) is -1.72. The molecule has 142 valence electrons. The maximum absolute atomic E-state index is 11.7. The van der Waals surface area contributed by atoms with E-state index in [1.807, 2.05) is 24.3 Å². The highest BCUT2D eigenvalue weighted by atomic mass is 32.2.